The first-order chi connectivity index (χ1) is 9.85. The van der Waals surface area contributed by atoms with E-state index in [2.05, 4.69) is 22.3 Å². The number of hydrogen-bond acceptors (Lipinski definition) is 3. The first kappa shape index (κ1) is 15.6. The van der Waals surface area contributed by atoms with Gasteiger partial charge in [0, 0.05) is 31.9 Å². The molecule has 1 aliphatic rings. The summed E-state index contributed by atoms with van der Waals surface area (Å²) < 4.78 is 0. The number of urea groups is 1. The third-order valence-electron chi connectivity index (χ3n) is 3.61. The Hall–Kier alpha value is -1.75. The molecule has 2 rings (SSSR count). The molecule has 1 aromatic rings. The average molecular weight is 291 g/mol. The summed E-state index contributed by atoms with van der Waals surface area (Å²) in [4.78, 5) is 15.9. The number of amides is 2. The van der Waals surface area contributed by atoms with Crippen LogP contribution in [0, 0.1) is 0 Å². The average Bonchev–Trinajstić information content (AvgIpc) is 2.86. The lowest BCUT2D eigenvalue weighted by atomic mass is 10.1. The van der Waals surface area contributed by atoms with Crippen LogP contribution >= 0.6 is 0 Å². The first-order valence-electron chi connectivity index (χ1n) is 7.39. The van der Waals surface area contributed by atoms with E-state index in [-0.39, 0.29) is 12.1 Å². The van der Waals surface area contributed by atoms with E-state index in [1.807, 2.05) is 18.2 Å². The molecule has 1 aliphatic heterocycles. The molecule has 1 atom stereocenters. The van der Waals surface area contributed by atoms with Gasteiger partial charge in [0.15, 0.2) is 0 Å². The molecule has 1 heterocycles. The maximum Gasteiger partial charge on any atom is 0.317 e. The number of hydrogen-bond donors (Lipinski definition) is 2. The second-order valence-corrected chi connectivity index (χ2v) is 6.39. The van der Waals surface area contributed by atoms with Crippen LogP contribution in [0.4, 0.5) is 10.5 Å². The molecule has 1 aromatic carbocycles. The fourth-order valence-corrected chi connectivity index (χ4v) is 2.69. The molecule has 0 saturated carbocycles. The van der Waals surface area contributed by atoms with Crippen molar-refractivity contribution in [3.8, 4) is 0 Å². The van der Waals surface area contributed by atoms with E-state index in [0.717, 1.165) is 19.5 Å². The molecule has 5 heteroatoms. The van der Waals surface area contributed by atoms with Gasteiger partial charge in [-0.25, -0.2) is 4.79 Å². The zero-order chi connectivity index (χ0) is 15.5. The minimum absolute atomic E-state index is 0.128. The third-order valence-corrected chi connectivity index (χ3v) is 3.61. The van der Waals surface area contributed by atoms with E-state index in [0.29, 0.717) is 6.54 Å². The van der Waals surface area contributed by atoms with Crippen molar-refractivity contribution in [1.29, 1.82) is 0 Å². The number of nitrogens with zero attached hydrogens (tertiary/aromatic N) is 2. The maximum atomic E-state index is 12.1. The highest BCUT2D eigenvalue weighted by atomic mass is 16.3. The molecule has 116 valence electrons. The van der Waals surface area contributed by atoms with Gasteiger partial charge in [0.1, 0.15) is 0 Å². The van der Waals surface area contributed by atoms with Crippen LogP contribution < -0.4 is 10.2 Å². The van der Waals surface area contributed by atoms with Crippen molar-refractivity contribution in [1.82, 2.24) is 10.2 Å². The molecule has 1 fully saturated rings. The number of rotatable bonds is 4. The quantitative estimate of drug-likeness (QED) is 0.887. The predicted octanol–water partition coefficient (Wildman–Crippen LogP) is 1.68. The molecule has 2 N–H and O–H groups in total. The monoisotopic (exact) mass is 291 g/mol. The van der Waals surface area contributed by atoms with Gasteiger partial charge >= 0.3 is 6.03 Å². The van der Waals surface area contributed by atoms with Gasteiger partial charge in [-0.3, -0.25) is 0 Å². The molecule has 0 aromatic heterocycles. The Morgan fingerprint density at radius 3 is 2.71 bits per heavy atom. The number of carbonyl (C=O) groups is 1. The van der Waals surface area contributed by atoms with Crippen LogP contribution in [0.5, 0.6) is 0 Å². The minimum atomic E-state index is -0.877. The highest BCUT2D eigenvalue weighted by molar-refractivity contribution is 5.74. The lowest BCUT2D eigenvalue weighted by molar-refractivity contribution is 0.0528. The SMILES string of the molecule is CN(CC(C)(C)O)C(=O)NC1CCN(c2ccccc2)C1. The van der Waals surface area contributed by atoms with Crippen LogP contribution in [0.3, 0.4) is 0 Å². The molecule has 1 unspecified atom stereocenters. The van der Waals surface area contributed by atoms with Gasteiger partial charge < -0.3 is 20.2 Å². The van der Waals surface area contributed by atoms with Crippen molar-refractivity contribution in [3.63, 3.8) is 0 Å². The lowest BCUT2D eigenvalue weighted by Crippen LogP contribution is -2.48. The highest BCUT2D eigenvalue weighted by Gasteiger charge is 2.26. The minimum Gasteiger partial charge on any atom is -0.389 e. The number of likely N-dealkylation sites (N-methyl/N-ethyl adjacent to an activating group) is 1. The van der Waals surface area contributed by atoms with Crippen molar-refractivity contribution in [3.05, 3.63) is 30.3 Å². The van der Waals surface area contributed by atoms with Crippen LogP contribution in [0.2, 0.25) is 0 Å². The van der Waals surface area contributed by atoms with E-state index in [4.69, 9.17) is 0 Å². The van der Waals surface area contributed by atoms with Gasteiger partial charge in [0.2, 0.25) is 0 Å². The first-order valence-corrected chi connectivity index (χ1v) is 7.39. The standard InChI is InChI=1S/C16H25N3O2/c1-16(2,21)12-18(3)15(20)17-13-9-10-19(11-13)14-7-5-4-6-8-14/h4-8,13,21H,9-12H2,1-3H3,(H,17,20). The predicted molar refractivity (Wildman–Crippen MR) is 84.5 cm³/mol. The van der Waals surface area contributed by atoms with Gasteiger partial charge in [-0.1, -0.05) is 18.2 Å². The van der Waals surface area contributed by atoms with Crippen molar-refractivity contribution in [2.24, 2.45) is 0 Å². The number of benzene rings is 1. The molecule has 0 bridgehead atoms. The van der Waals surface area contributed by atoms with Crippen molar-refractivity contribution in [2.45, 2.75) is 31.9 Å². The van der Waals surface area contributed by atoms with Gasteiger partial charge in [-0.2, -0.15) is 0 Å². The van der Waals surface area contributed by atoms with Crippen molar-refractivity contribution < 1.29 is 9.90 Å². The summed E-state index contributed by atoms with van der Waals surface area (Å²) in [5, 5.41) is 12.8. The van der Waals surface area contributed by atoms with Gasteiger partial charge in [0.05, 0.1) is 12.1 Å². The summed E-state index contributed by atoms with van der Waals surface area (Å²) in [5.74, 6) is 0. The van der Waals surface area contributed by atoms with Gasteiger partial charge in [0.25, 0.3) is 0 Å². The van der Waals surface area contributed by atoms with Crippen LogP contribution in [0.15, 0.2) is 30.3 Å². The second-order valence-electron chi connectivity index (χ2n) is 6.39. The van der Waals surface area contributed by atoms with E-state index >= 15 is 0 Å². The molecular weight excluding hydrogens is 266 g/mol. The smallest absolute Gasteiger partial charge is 0.317 e. The molecule has 5 nitrogen and oxygen atoms in total. The maximum absolute atomic E-state index is 12.1. The Balaban J connectivity index is 1.84. The number of nitrogens with one attached hydrogen (secondary N) is 1. The Morgan fingerprint density at radius 2 is 2.10 bits per heavy atom. The summed E-state index contributed by atoms with van der Waals surface area (Å²) in [6.45, 7) is 5.48. The van der Waals surface area contributed by atoms with Crippen LogP contribution in [-0.2, 0) is 0 Å². The summed E-state index contributed by atoms with van der Waals surface area (Å²) in [6, 6.07) is 10.3. The van der Waals surface area contributed by atoms with Crippen molar-refractivity contribution in [2.75, 3.05) is 31.6 Å². The molecular formula is C16H25N3O2. The van der Waals surface area contributed by atoms with Gasteiger partial charge in [-0.15, -0.1) is 0 Å². The fraction of sp³-hybridized carbons (Fsp3) is 0.562. The van der Waals surface area contributed by atoms with E-state index in [9.17, 15) is 9.90 Å². The Morgan fingerprint density at radius 1 is 1.43 bits per heavy atom. The number of para-hydroxylation sites is 1. The van der Waals surface area contributed by atoms with Crippen LogP contribution in [0.25, 0.3) is 0 Å². The van der Waals surface area contributed by atoms with E-state index < -0.39 is 5.60 Å². The summed E-state index contributed by atoms with van der Waals surface area (Å²) >= 11 is 0. The zero-order valence-electron chi connectivity index (χ0n) is 13.0. The summed E-state index contributed by atoms with van der Waals surface area (Å²) in [6.07, 6.45) is 0.941. The molecule has 21 heavy (non-hydrogen) atoms. The molecule has 0 radical (unpaired) electrons. The van der Waals surface area contributed by atoms with E-state index in [1.54, 1.807) is 20.9 Å². The fourth-order valence-electron chi connectivity index (χ4n) is 2.69. The largest absolute Gasteiger partial charge is 0.389 e. The summed E-state index contributed by atoms with van der Waals surface area (Å²) in [5.41, 5.74) is 0.316. The Labute approximate surface area is 126 Å². The zero-order valence-corrected chi connectivity index (χ0v) is 13.0. The topological polar surface area (TPSA) is 55.8 Å². The van der Waals surface area contributed by atoms with Crippen LogP contribution in [-0.4, -0.2) is 54.4 Å². The van der Waals surface area contributed by atoms with Crippen molar-refractivity contribution >= 4 is 11.7 Å². The van der Waals surface area contributed by atoms with Crippen LogP contribution in [0.1, 0.15) is 20.3 Å². The number of anilines is 1. The number of aliphatic hydroxyl groups is 1. The Bertz CT molecular complexity index is 470. The van der Waals surface area contributed by atoms with Gasteiger partial charge in [-0.05, 0) is 32.4 Å². The Kier molecular flexibility index (Phi) is 4.73. The van der Waals surface area contributed by atoms with E-state index in [1.165, 1.54) is 10.6 Å². The molecule has 2 amide bonds. The highest BCUT2D eigenvalue weighted by Crippen LogP contribution is 2.19. The third kappa shape index (κ3) is 4.63. The molecule has 0 aliphatic carbocycles. The molecule has 0 spiro atoms. The molecule has 1 saturated heterocycles. The normalized spacial score (nSPS) is 18.7. The lowest BCUT2D eigenvalue weighted by Gasteiger charge is -2.27. The number of carbonyl (C=O) groups excluding carboxylic acids is 1. The summed E-state index contributed by atoms with van der Waals surface area (Å²) in [7, 11) is 1.71. The second kappa shape index (κ2) is 6.35.